The van der Waals surface area contributed by atoms with E-state index in [4.69, 9.17) is 9.47 Å². The minimum Gasteiger partial charge on any atom is -0.394 e. The molecule has 1 aliphatic rings. The van der Waals surface area contributed by atoms with E-state index >= 15 is 8.78 Å². The van der Waals surface area contributed by atoms with Crippen molar-refractivity contribution in [2.24, 2.45) is 0 Å². The van der Waals surface area contributed by atoms with Crippen LogP contribution in [0.15, 0.2) is 0 Å². The summed E-state index contributed by atoms with van der Waals surface area (Å²) < 4.78 is 42.4. The predicted molar refractivity (Wildman–Crippen MR) is 245 cm³/mol. The van der Waals surface area contributed by atoms with Gasteiger partial charge in [-0.2, -0.15) is 0 Å². The average Bonchev–Trinajstić information content (AvgIpc) is 3.25. The highest BCUT2D eigenvalue weighted by Gasteiger charge is 2.49. The van der Waals surface area contributed by atoms with E-state index in [0.717, 1.165) is 51.4 Å². The number of nitrogens with one attached hydrogen (secondary N) is 1. The van der Waals surface area contributed by atoms with Crippen molar-refractivity contribution in [2.45, 2.75) is 300 Å². The Labute approximate surface area is 372 Å². The molecular weight excluding hydrogens is 781 g/mol. The molecule has 1 heterocycles. The highest BCUT2D eigenvalue weighted by molar-refractivity contribution is 5.76. The lowest BCUT2D eigenvalue weighted by molar-refractivity contribution is -0.305. The van der Waals surface area contributed by atoms with Gasteiger partial charge in [0.1, 0.15) is 36.6 Å². The second kappa shape index (κ2) is 39.4. The molecule has 0 unspecified atom stereocenters. The number of ether oxygens (including phenoxy) is 2. The van der Waals surface area contributed by atoms with Crippen LogP contribution in [0.2, 0.25) is 0 Å². The maximum Gasteiger partial charge on any atom is 0.295 e. The van der Waals surface area contributed by atoms with Crippen molar-refractivity contribution < 1.29 is 48.6 Å². The number of alkyl halides is 2. The molecule has 0 aromatic carbocycles. The maximum absolute atomic E-state index is 15.8. The van der Waals surface area contributed by atoms with Gasteiger partial charge in [-0.1, -0.05) is 232 Å². The van der Waals surface area contributed by atoms with Crippen LogP contribution in [-0.4, -0.2) is 93.4 Å². The van der Waals surface area contributed by atoms with Gasteiger partial charge in [0.25, 0.3) is 5.92 Å². The molecule has 6 N–H and O–H groups in total. The fourth-order valence-corrected chi connectivity index (χ4v) is 8.59. The molecule has 0 bridgehead atoms. The number of aliphatic hydroxyl groups is 5. The Hall–Kier alpha value is -0.950. The number of aliphatic hydroxyl groups excluding tert-OH is 5. The number of amides is 1. The van der Waals surface area contributed by atoms with Crippen LogP contribution in [0, 0.1) is 0 Å². The first-order chi connectivity index (χ1) is 29.6. The summed E-state index contributed by atoms with van der Waals surface area (Å²) in [5.74, 6) is -4.34. The van der Waals surface area contributed by atoms with Crippen LogP contribution in [0.25, 0.3) is 0 Å². The Morgan fingerprint density at radius 1 is 0.557 bits per heavy atom. The second-order valence-corrected chi connectivity index (χ2v) is 18.5. The smallest absolute Gasteiger partial charge is 0.295 e. The van der Waals surface area contributed by atoms with Crippen molar-refractivity contribution in [2.75, 3.05) is 13.2 Å². The molecule has 1 amide bonds. The van der Waals surface area contributed by atoms with Crippen molar-refractivity contribution in [3.05, 3.63) is 0 Å². The van der Waals surface area contributed by atoms with Crippen molar-refractivity contribution in [1.82, 2.24) is 5.32 Å². The van der Waals surface area contributed by atoms with E-state index in [1.807, 2.05) is 0 Å². The Kier molecular flexibility index (Phi) is 37.5. The van der Waals surface area contributed by atoms with Crippen molar-refractivity contribution >= 4 is 5.91 Å². The second-order valence-electron chi connectivity index (χ2n) is 18.5. The van der Waals surface area contributed by atoms with Gasteiger partial charge in [0.15, 0.2) is 6.29 Å². The van der Waals surface area contributed by atoms with Gasteiger partial charge in [0.2, 0.25) is 5.91 Å². The molecule has 0 aromatic rings. The molecule has 0 saturated carbocycles. The van der Waals surface area contributed by atoms with E-state index in [1.54, 1.807) is 0 Å². The molecule has 7 atom stereocenters. The Morgan fingerprint density at radius 2 is 0.902 bits per heavy atom. The zero-order chi connectivity index (χ0) is 44.8. The first-order valence-electron chi connectivity index (χ1n) is 25.9. The van der Waals surface area contributed by atoms with Gasteiger partial charge in [-0.15, -0.1) is 0 Å². The first-order valence-corrected chi connectivity index (χ1v) is 25.9. The highest BCUT2D eigenvalue weighted by atomic mass is 19.3. The summed E-state index contributed by atoms with van der Waals surface area (Å²) in [4.78, 5) is 13.0. The number of hydrogen-bond acceptors (Lipinski definition) is 8. The zero-order valence-electron chi connectivity index (χ0n) is 39.3. The third-order valence-corrected chi connectivity index (χ3v) is 12.9. The number of carbonyl (C=O) groups excluding carboxylic acids is 1. The predicted octanol–water partition coefficient (Wildman–Crippen LogP) is 11.8. The van der Waals surface area contributed by atoms with E-state index < -0.39 is 67.9 Å². The molecule has 61 heavy (non-hydrogen) atoms. The molecule has 9 nitrogen and oxygen atoms in total. The van der Waals surface area contributed by atoms with Gasteiger partial charge in [0.05, 0.1) is 13.2 Å². The van der Waals surface area contributed by atoms with Crippen LogP contribution in [0.3, 0.4) is 0 Å². The minimum atomic E-state index is -3.76. The number of rotatable bonds is 44. The zero-order valence-corrected chi connectivity index (χ0v) is 39.3. The Balaban J connectivity index is 2.32. The molecule has 1 fully saturated rings. The lowest BCUT2D eigenvalue weighted by Gasteiger charge is -2.40. The van der Waals surface area contributed by atoms with Gasteiger partial charge < -0.3 is 40.3 Å². The standard InChI is InChI=1S/C50H97F2NO8/c1-3-5-7-9-11-13-15-17-18-19-20-21-22-23-24-25-26-27-29-31-33-35-37-39-45(56)53-43(41-60-49-48(59)47(58)46(57)42(40-54)61-49)50(51,52)44(55)38-36-34-32-30-28-16-14-12-10-8-6-4-2/h42-44,46-49,54-55,57-59H,3-41H2,1-2H3,(H,53,56)/t42-,43+,44+,46+,47+,48-,49+/m1/s1. The van der Waals surface area contributed by atoms with Gasteiger partial charge >= 0.3 is 0 Å². The highest BCUT2D eigenvalue weighted by Crippen LogP contribution is 2.30. The molecule has 0 radical (unpaired) electrons. The van der Waals surface area contributed by atoms with E-state index in [-0.39, 0.29) is 12.8 Å². The molecule has 0 spiro atoms. The molecule has 0 aromatic heterocycles. The van der Waals surface area contributed by atoms with Gasteiger partial charge in [0, 0.05) is 6.42 Å². The summed E-state index contributed by atoms with van der Waals surface area (Å²) in [5, 5.41) is 53.2. The van der Waals surface area contributed by atoms with E-state index in [0.29, 0.717) is 12.8 Å². The number of hydrogen-bond donors (Lipinski definition) is 6. The summed E-state index contributed by atoms with van der Waals surface area (Å²) in [6.45, 7) is 2.97. The fraction of sp³-hybridized carbons (Fsp3) is 0.980. The van der Waals surface area contributed by atoms with Gasteiger partial charge in [-0.3, -0.25) is 4.79 Å². The molecule has 0 aliphatic carbocycles. The quantitative estimate of drug-likeness (QED) is 0.0331. The van der Waals surface area contributed by atoms with Crippen molar-refractivity contribution in [3.63, 3.8) is 0 Å². The number of halogens is 2. The van der Waals surface area contributed by atoms with Crippen LogP contribution < -0.4 is 5.32 Å². The van der Waals surface area contributed by atoms with E-state index in [1.165, 1.54) is 161 Å². The summed E-state index contributed by atoms with van der Waals surface area (Å²) in [5.41, 5.74) is 0. The van der Waals surface area contributed by atoms with Crippen LogP contribution in [-0.2, 0) is 14.3 Å². The fourth-order valence-electron chi connectivity index (χ4n) is 8.59. The first kappa shape index (κ1) is 58.1. The molecular formula is C50H97F2NO8. The lowest BCUT2D eigenvalue weighted by atomic mass is 9.97. The van der Waals surface area contributed by atoms with E-state index in [2.05, 4.69) is 19.2 Å². The molecule has 1 saturated heterocycles. The van der Waals surface area contributed by atoms with E-state index in [9.17, 15) is 30.3 Å². The van der Waals surface area contributed by atoms with Crippen LogP contribution in [0.1, 0.15) is 251 Å². The minimum absolute atomic E-state index is 0.0562. The van der Waals surface area contributed by atoms with Crippen molar-refractivity contribution in [1.29, 1.82) is 0 Å². The monoisotopic (exact) mass is 878 g/mol. The molecule has 1 rings (SSSR count). The normalized spacial score (nSPS) is 20.6. The summed E-state index contributed by atoms with van der Waals surface area (Å²) in [6, 6.07) is -1.93. The third kappa shape index (κ3) is 29.3. The number of unbranched alkanes of at least 4 members (excludes halogenated alkanes) is 33. The third-order valence-electron chi connectivity index (χ3n) is 12.9. The summed E-state index contributed by atoms with van der Waals surface area (Å²) in [7, 11) is 0. The summed E-state index contributed by atoms with van der Waals surface area (Å²) in [6.07, 6.45) is 32.0. The molecule has 364 valence electrons. The maximum atomic E-state index is 15.8. The Morgan fingerprint density at radius 3 is 1.26 bits per heavy atom. The molecule has 1 aliphatic heterocycles. The lowest BCUT2D eigenvalue weighted by Crippen LogP contribution is -2.61. The van der Waals surface area contributed by atoms with Crippen molar-refractivity contribution in [3.8, 4) is 0 Å². The van der Waals surface area contributed by atoms with Gasteiger partial charge in [-0.05, 0) is 12.8 Å². The van der Waals surface area contributed by atoms with Crippen LogP contribution >= 0.6 is 0 Å². The van der Waals surface area contributed by atoms with Crippen LogP contribution in [0.5, 0.6) is 0 Å². The summed E-state index contributed by atoms with van der Waals surface area (Å²) >= 11 is 0. The number of carbonyl (C=O) groups is 1. The molecule has 11 heteroatoms. The Bertz CT molecular complexity index is 978. The van der Waals surface area contributed by atoms with Crippen LogP contribution in [0.4, 0.5) is 8.78 Å². The SMILES string of the molecule is CCCCCCCCCCCCCCCCCCCCCCCCCC(=O)N[C@@H](CO[C@H]1O[C@H](CO)[C@H](O)[C@H](O)[C@H]1O)C(F)(F)[C@@H](O)CCCCCCCCCCCCCC. The topological polar surface area (TPSA) is 149 Å². The largest absolute Gasteiger partial charge is 0.394 e. The average molecular weight is 878 g/mol. The van der Waals surface area contributed by atoms with Gasteiger partial charge in [-0.25, -0.2) is 8.78 Å².